The molecule has 0 aromatic heterocycles. The lowest BCUT2D eigenvalue weighted by atomic mass is 9.98. The number of hydrogen-bond acceptors (Lipinski definition) is 4. The third kappa shape index (κ3) is 1.64. The van der Waals surface area contributed by atoms with Crippen LogP contribution >= 0.6 is 0 Å². The highest BCUT2D eigenvalue weighted by atomic mass is 16.5. The van der Waals surface area contributed by atoms with Gasteiger partial charge < -0.3 is 14.9 Å². The van der Waals surface area contributed by atoms with Crippen LogP contribution in [0.2, 0.25) is 0 Å². The molecule has 1 heterocycles. The van der Waals surface area contributed by atoms with Crippen molar-refractivity contribution in [1.82, 2.24) is 0 Å². The summed E-state index contributed by atoms with van der Waals surface area (Å²) in [6.45, 7) is 1.40. The second kappa shape index (κ2) is 4.02. The fourth-order valence-corrected chi connectivity index (χ4v) is 2.29. The minimum atomic E-state index is -0.210. The standard InChI is InChI=1S/C15H12O4/c1-8(16)12-7-6-11-13(17)9-4-2-3-5-10(9)14(18)15(11)19-12/h2-5,7,17-18H,6H2,1H3. The van der Waals surface area contributed by atoms with Gasteiger partial charge in [0.15, 0.2) is 23.0 Å². The SMILES string of the molecule is CC(=O)C1=CCc2c(c(O)c3ccccc3c2O)O1. The summed E-state index contributed by atoms with van der Waals surface area (Å²) in [6, 6.07) is 6.97. The van der Waals surface area contributed by atoms with E-state index in [4.69, 9.17) is 4.74 Å². The van der Waals surface area contributed by atoms with Gasteiger partial charge in [-0.2, -0.15) is 0 Å². The number of phenols is 2. The molecule has 2 aromatic rings. The molecule has 4 nitrogen and oxygen atoms in total. The van der Waals surface area contributed by atoms with Crippen LogP contribution in [0.4, 0.5) is 0 Å². The van der Waals surface area contributed by atoms with Crippen molar-refractivity contribution in [3.63, 3.8) is 0 Å². The Bertz CT molecular complexity index is 728. The first-order chi connectivity index (χ1) is 9.09. The topological polar surface area (TPSA) is 66.8 Å². The molecule has 0 amide bonds. The molecule has 3 rings (SSSR count). The van der Waals surface area contributed by atoms with E-state index in [2.05, 4.69) is 0 Å². The van der Waals surface area contributed by atoms with Gasteiger partial charge in [-0.1, -0.05) is 24.3 Å². The molecular weight excluding hydrogens is 244 g/mol. The summed E-state index contributed by atoms with van der Waals surface area (Å²) in [6.07, 6.45) is 1.97. The molecule has 1 aliphatic heterocycles. The van der Waals surface area contributed by atoms with E-state index in [1.54, 1.807) is 30.3 Å². The molecule has 0 spiro atoms. The van der Waals surface area contributed by atoms with Crippen LogP contribution in [0.5, 0.6) is 17.2 Å². The van der Waals surface area contributed by atoms with E-state index in [1.807, 2.05) is 0 Å². The number of phenolic OH excluding ortho intramolecular Hbond substituents is 2. The molecule has 0 fully saturated rings. The monoisotopic (exact) mass is 256 g/mol. The van der Waals surface area contributed by atoms with E-state index in [-0.39, 0.29) is 28.8 Å². The first-order valence-electron chi connectivity index (χ1n) is 5.94. The number of fused-ring (bicyclic) bond motifs is 2. The number of ketones is 1. The van der Waals surface area contributed by atoms with Gasteiger partial charge in [0.25, 0.3) is 0 Å². The number of allylic oxidation sites excluding steroid dienone is 2. The third-order valence-electron chi connectivity index (χ3n) is 3.26. The zero-order chi connectivity index (χ0) is 13.6. The number of aromatic hydroxyl groups is 2. The van der Waals surface area contributed by atoms with Crippen LogP contribution in [-0.4, -0.2) is 16.0 Å². The molecule has 0 saturated heterocycles. The predicted octanol–water partition coefficient (Wildman–Crippen LogP) is 2.66. The zero-order valence-corrected chi connectivity index (χ0v) is 10.3. The minimum Gasteiger partial charge on any atom is -0.507 e. The molecule has 4 heteroatoms. The van der Waals surface area contributed by atoms with E-state index >= 15 is 0 Å². The van der Waals surface area contributed by atoms with E-state index in [1.165, 1.54) is 6.92 Å². The maximum atomic E-state index is 11.3. The predicted molar refractivity (Wildman–Crippen MR) is 70.4 cm³/mol. The van der Waals surface area contributed by atoms with Crippen molar-refractivity contribution in [2.45, 2.75) is 13.3 Å². The highest BCUT2D eigenvalue weighted by molar-refractivity contribution is 5.98. The summed E-state index contributed by atoms with van der Waals surface area (Å²) in [4.78, 5) is 11.3. The van der Waals surface area contributed by atoms with Crippen LogP contribution in [0.3, 0.4) is 0 Å². The first-order valence-corrected chi connectivity index (χ1v) is 5.94. The maximum Gasteiger partial charge on any atom is 0.194 e. The van der Waals surface area contributed by atoms with Crippen LogP contribution in [0.1, 0.15) is 12.5 Å². The van der Waals surface area contributed by atoms with Gasteiger partial charge in [-0.05, 0) is 6.08 Å². The summed E-state index contributed by atoms with van der Waals surface area (Å²) in [5.41, 5.74) is 0.501. The van der Waals surface area contributed by atoms with Gasteiger partial charge in [0.2, 0.25) is 0 Å². The molecule has 2 N–H and O–H groups in total. The Morgan fingerprint density at radius 2 is 1.79 bits per heavy atom. The normalized spacial score (nSPS) is 13.6. The minimum absolute atomic E-state index is 0.0461. The van der Waals surface area contributed by atoms with Crippen LogP contribution in [0, 0.1) is 0 Å². The Morgan fingerprint density at radius 1 is 1.16 bits per heavy atom. The largest absolute Gasteiger partial charge is 0.507 e. The molecule has 0 bridgehead atoms. The Kier molecular flexibility index (Phi) is 2.45. The molecule has 1 aliphatic rings. The maximum absolute atomic E-state index is 11.3. The van der Waals surface area contributed by atoms with E-state index in [9.17, 15) is 15.0 Å². The number of carbonyl (C=O) groups excluding carboxylic acids is 1. The molecule has 19 heavy (non-hydrogen) atoms. The number of Topliss-reactive ketones (excluding diaryl/α,β-unsaturated/α-hetero) is 1. The van der Waals surface area contributed by atoms with Gasteiger partial charge in [-0.15, -0.1) is 0 Å². The summed E-state index contributed by atoms with van der Waals surface area (Å²) >= 11 is 0. The first kappa shape index (κ1) is 11.6. The highest BCUT2D eigenvalue weighted by Gasteiger charge is 2.24. The molecule has 0 atom stereocenters. The van der Waals surface area contributed by atoms with Gasteiger partial charge in [0, 0.05) is 29.7 Å². The molecule has 0 saturated carbocycles. The number of hydrogen-bond donors (Lipinski definition) is 2. The van der Waals surface area contributed by atoms with Crippen molar-refractivity contribution < 1.29 is 19.7 Å². The smallest absolute Gasteiger partial charge is 0.194 e. The lowest BCUT2D eigenvalue weighted by Crippen LogP contribution is -2.11. The summed E-state index contributed by atoms with van der Waals surface area (Å²) in [5.74, 6) is 0.191. The number of ether oxygens (including phenoxy) is 1. The van der Waals surface area contributed by atoms with E-state index < -0.39 is 0 Å². The second-order valence-corrected chi connectivity index (χ2v) is 4.48. The van der Waals surface area contributed by atoms with Crippen molar-refractivity contribution in [2.24, 2.45) is 0 Å². The molecule has 0 aliphatic carbocycles. The van der Waals surface area contributed by atoms with Gasteiger partial charge in [-0.3, -0.25) is 4.79 Å². The van der Waals surface area contributed by atoms with E-state index in [0.29, 0.717) is 22.8 Å². The Balaban J connectivity index is 2.29. The van der Waals surface area contributed by atoms with Gasteiger partial charge in [-0.25, -0.2) is 0 Å². The fourth-order valence-electron chi connectivity index (χ4n) is 2.29. The Labute approximate surface area is 109 Å². The van der Waals surface area contributed by atoms with E-state index in [0.717, 1.165) is 0 Å². The van der Waals surface area contributed by atoms with Gasteiger partial charge in [0.05, 0.1) is 0 Å². The lowest BCUT2D eigenvalue weighted by molar-refractivity contribution is -0.115. The van der Waals surface area contributed by atoms with Crippen molar-refractivity contribution >= 4 is 16.6 Å². The lowest BCUT2D eigenvalue weighted by Gasteiger charge is -2.20. The van der Waals surface area contributed by atoms with Crippen molar-refractivity contribution in [1.29, 1.82) is 0 Å². The van der Waals surface area contributed by atoms with Crippen molar-refractivity contribution in [3.8, 4) is 17.2 Å². The van der Waals surface area contributed by atoms with Gasteiger partial charge in [0.1, 0.15) is 5.75 Å². The van der Waals surface area contributed by atoms with Crippen molar-refractivity contribution in [3.05, 3.63) is 41.7 Å². The summed E-state index contributed by atoms with van der Waals surface area (Å²) < 4.78 is 5.41. The zero-order valence-electron chi connectivity index (χ0n) is 10.3. The fraction of sp³-hybridized carbons (Fsp3) is 0.133. The third-order valence-corrected chi connectivity index (χ3v) is 3.26. The number of carbonyl (C=O) groups is 1. The van der Waals surface area contributed by atoms with Crippen LogP contribution < -0.4 is 4.74 Å². The van der Waals surface area contributed by atoms with Crippen LogP contribution in [0.15, 0.2) is 36.1 Å². The quantitative estimate of drug-likeness (QED) is 0.770. The average molecular weight is 256 g/mol. The Morgan fingerprint density at radius 3 is 2.42 bits per heavy atom. The highest BCUT2D eigenvalue weighted by Crippen LogP contribution is 2.47. The van der Waals surface area contributed by atoms with Gasteiger partial charge >= 0.3 is 0 Å². The number of rotatable bonds is 1. The molecular formula is C15H12O4. The second-order valence-electron chi connectivity index (χ2n) is 4.48. The molecule has 0 radical (unpaired) electrons. The summed E-state index contributed by atoms with van der Waals surface area (Å²) in [7, 11) is 0. The van der Waals surface area contributed by atoms with Crippen LogP contribution in [0.25, 0.3) is 10.8 Å². The molecule has 0 unspecified atom stereocenters. The summed E-state index contributed by atoms with van der Waals surface area (Å²) in [5, 5.41) is 21.6. The molecule has 96 valence electrons. The molecule has 2 aromatic carbocycles. The average Bonchev–Trinajstić information content (AvgIpc) is 2.44. The van der Waals surface area contributed by atoms with Crippen LogP contribution in [-0.2, 0) is 11.2 Å². The van der Waals surface area contributed by atoms with Crippen molar-refractivity contribution in [2.75, 3.05) is 0 Å². The Hall–Kier alpha value is -2.49. The number of benzene rings is 2.